The number of rotatable bonds is 4. The summed E-state index contributed by atoms with van der Waals surface area (Å²) >= 11 is 14.4. The molecule has 4 heterocycles. The molecule has 2 aliphatic heterocycles. The minimum Gasteiger partial charge on any atom is -0.508 e. The van der Waals surface area contributed by atoms with Crippen LogP contribution < -0.4 is 9.80 Å². The first-order valence-electron chi connectivity index (χ1n) is 17.1. The molecule has 3 aromatic carbocycles. The Kier molecular flexibility index (Phi) is 7.39. The van der Waals surface area contributed by atoms with Crippen LogP contribution in [-0.4, -0.2) is 38.5 Å². The van der Waals surface area contributed by atoms with Gasteiger partial charge in [0.15, 0.2) is 0 Å². The molecule has 1 N–H and O–H groups in total. The maximum Gasteiger partial charge on any atom is 0.242 e. The lowest BCUT2D eigenvalue weighted by atomic mass is 9.51. The summed E-state index contributed by atoms with van der Waals surface area (Å²) in [4.78, 5) is 61.4. The molecule has 2 saturated heterocycles. The summed E-state index contributed by atoms with van der Waals surface area (Å²) in [7, 11) is 1.71. The Hall–Kier alpha value is -4.77. The number of amides is 4. The van der Waals surface area contributed by atoms with Crippen LogP contribution in [0.2, 0.25) is 10.0 Å². The molecule has 0 radical (unpaired) electrons. The van der Waals surface area contributed by atoms with Crippen LogP contribution in [0.5, 0.6) is 5.75 Å². The van der Waals surface area contributed by atoms with E-state index < -0.39 is 46.8 Å². The zero-order chi connectivity index (χ0) is 36.4. The van der Waals surface area contributed by atoms with Gasteiger partial charge in [-0.25, -0.2) is 4.90 Å². The Morgan fingerprint density at radius 2 is 1.62 bits per heavy atom. The lowest BCUT2D eigenvalue weighted by Gasteiger charge is -2.49. The maximum absolute atomic E-state index is 15.0. The van der Waals surface area contributed by atoms with Crippen LogP contribution in [0.15, 0.2) is 84.4 Å². The smallest absolute Gasteiger partial charge is 0.242 e. The molecule has 9 rings (SSSR count). The normalized spacial score (nSPS) is 26.9. The topological polar surface area (TPSA) is 113 Å². The highest BCUT2D eigenvalue weighted by molar-refractivity contribution is 7.22. The predicted molar refractivity (Wildman–Crippen MR) is 200 cm³/mol. The Labute approximate surface area is 313 Å². The van der Waals surface area contributed by atoms with Gasteiger partial charge in [0.25, 0.3) is 0 Å². The molecule has 2 aromatic heterocycles. The zero-order valence-corrected chi connectivity index (χ0v) is 30.7. The molecule has 52 heavy (non-hydrogen) atoms. The van der Waals surface area contributed by atoms with Crippen molar-refractivity contribution in [3.63, 3.8) is 0 Å². The first-order valence-corrected chi connectivity index (χ1v) is 18.7. The quantitative estimate of drug-likeness (QED) is 0.147. The number of benzene rings is 3. The molecule has 4 amide bonds. The third-order valence-corrected chi connectivity index (χ3v) is 13.6. The first-order chi connectivity index (χ1) is 24.9. The standard InChI is InChI=1S/C40H32Cl2N4O5S/c1-19-25-15-21(42)10-14-31(25)52-35(19)29-18-32(44(3)43-29)46-37(49)28-17-26-23(34(40(28,2)39(46)51)27-16-20(41)9-13-30(27)47)11-12-24-33(26)38(50)45(36(24)48)22-7-5-4-6-8-22/h4-11,13-16,18,24,26,28,33-34,47H,12,17H2,1-3H3. The second kappa shape index (κ2) is 11.6. The van der Waals surface area contributed by atoms with Gasteiger partial charge in [-0.1, -0.05) is 53.1 Å². The van der Waals surface area contributed by atoms with Crippen LogP contribution in [-0.2, 0) is 26.2 Å². The van der Waals surface area contributed by atoms with Gasteiger partial charge in [-0.3, -0.25) is 28.8 Å². The van der Waals surface area contributed by atoms with Crippen molar-refractivity contribution in [2.45, 2.75) is 32.6 Å². The Morgan fingerprint density at radius 3 is 2.38 bits per heavy atom. The Balaban J connectivity index is 1.17. The number of fused-ring (bicyclic) bond motifs is 5. The number of aromatic nitrogens is 2. The van der Waals surface area contributed by atoms with Crippen molar-refractivity contribution in [3.8, 4) is 16.3 Å². The molecule has 1 saturated carbocycles. The summed E-state index contributed by atoms with van der Waals surface area (Å²) in [5.41, 5.74) is 1.93. The van der Waals surface area contributed by atoms with E-state index in [0.29, 0.717) is 39.2 Å². The largest absolute Gasteiger partial charge is 0.508 e. The van der Waals surface area contributed by atoms with Crippen LogP contribution in [0.4, 0.5) is 11.5 Å². The third-order valence-electron chi connectivity index (χ3n) is 11.8. The fourth-order valence-corrected chi connectivity index (χ4v) is 10.9. The van der Waals surface area contributed by atoms with Gasteiger partial charge in [-0.05, 0) is 92.1 Å². The molecule has 5 aromatic rings. The number of halogens is 2. The van der Waals surface area contributed by atoms with Crippen molar-refractivity contribution in [1.82, 2.24) is 9.78 Å². The van der Waals surface area contributed by atoms with Crippen molar-refractivity contribution >= 4 is 79.8 Å². The van der Waals surface area contributed by atoms with Gasteiger partial charge in [0.2, 0.25) is 23.6 Å². The molecule has 6 unspecified atom stereocenters. The summed E-state index contributed by atoms with van der Waals surface area (Å²) in [6.45, 7) is 3.78. The average molecular weight is 752 g/mol. The van der Waals surface area contributed by atoms with Crippen LogP contribution in [0.3, 0.4) is 0 Å². The number of hydrogen-bond donors (Lipinski definition) is 1. The number of carbonyl (C=O) groups excluding carboxylic acids is 4. The molecule has 4 aliphatic rings. The molecular weight excluding hydrogens is 719 g/mol. The Morgan fingerprint density at radius 1 is 0.885 bits per heavy atom. The molecule has 12 heteroatoms. The van der Waals surface area contributed by atoms with Crippen molar-refractivity contribution < 1.29 is 24.3 Å². The van der Waals surface area contributed by atoms with Gasteiger partial charge >= 0.3 is 0 Å². The number of thiophene rings is 1. The van der Waals surface area contributed by atoms with Crippen molar-refractivity contribution in [1.29, 1.82) is 0 Å². The van der Waals surface area contributed by atoms with Gasteiger partial charge in [-0.15, -0.1) is 11.3 Å². The lowest BCUT2D eigenvalue weighted by Crippen LogP contribution is -2.49. The monoisotopic (exact) mass is 750 g/mol. The SMILES string of the molecule is Cc1c(-c2cc(N3C(=O)C4CC5C(=CCC6C(=O)N(c7ccccc7)C(=O)C65)C(c5cc(Cl)ccc5O)C4(C)C3=O)n(C)n2)sc2ccc(Cl)cc12. The average Bonchev–Trinajstić information content (AvgIpc) is 3.80. The summed E-state index contributed by atoms with van der Waals surface area (Å²) in [5.74, 6) is -4.72. The van der Waals surface area contributed by atoms with E-state index in [4.69, 9.17) is 28.3 Å². The molecule has 9 nitrogen and oxygen atoms in total. The number of hydrogen-bond acceptors (Lipinski definition) is 7. The van der Waals surface area contributed by atoms with E-state index in [1.165, 1.54) is 15.9 Å². The number of aryl methyl sites for hydroxylation is 2. The summed E-state index contributed by atoms with van der Waals surface area (Å²) in [6.07, 6.45) is 2.43. The maximum atomic E-state index is 15.0. The van der Waals surface area contributed by atoms with Crippen LogP contribution in [0.25, 0.3) is 20.7 Å². The van der Waals surface area contributed by atoms with Crippen molar-refractivity contribution in [2.24, 2.45) is 36.1 Å². The van der Waals surface area contributed by atoms with E-state index in [0.717, 1.165) is 26.1 Å². The number of para-hydroxylation sites is 1. The number of phenols is 1. The second-order valence-electron chi connectivity index (χ2n) is 14.4. The first kappa shape index (κ1) is 33.1. The fraction of sp³-hybridized carbons (Fsp3) is 0.275. The highest BCUT2D eigenvalue weighted by atomic mass is 35.5. The second-order valence-corrected chi connectivity index (χ2v) is 16.3. The number of nitrogens with zero attached hydrogens (tertiary/aromatic N) is 4. The highest BCUT2D eigenvalue weighted by Crippen LogP contribution is 2.64. The molecule has 6 atom stereocenters. The number of aromatic hydroxyl groups is 1. The van der Waals surface area contributed by atoms with Crippen molar-refractivity contribution in [2.75, 3.05) is 9.80 Å². The van der Waals surface area contributed by atoms with Gasteiger partial charge in [0.05, 0.1) is 33.7 Å². The molecular formula is C40H32Cl2N4O5S. The minimum absolute atomic E-state index is 0.0698. The molecule has 0 bridgehead atoms. The fourth-order valence-electron chi connectivity index (χ4n) is 9.38. The van der Waals surface area contributed by atoms with Gasteiger partial charge in [0, 0.05) is 39.3 Å². The third kappa shape index (κ3) is 4.50. The van der Waals surface area contributed by atoms with Crippen LogP contribution in [0, 0.1) is 36.0 Å². The summed E-state index contributed by atoms with van der Waals surface area (Å²) in [5, 5.41) is 18.1. The highest BCUT2D eigenvalue weighted by Gasteiger charge is 2.68. The zero-order valence-electron chi connectivity index (χ0n) is 28.3. The van der Waals surface area contributed by atoms with E-state index in [9.17, 15) is 19.5 Å². The molecule has 0 spiro atoms. The molecule has 262 valence electrons. The Bertz CT molecular complexity index is 2440. The number of phenolic OH excluding ortho intramolecular Hbond substituents is 1. The van der Waals surface area contributed by atoms with E-state index in [-0.39, 0.29) is 24.0 Å². The van der Waals surface area contributed by atoms with Gasteiger partial charge in [0.1, 0.15) is 17.3 Å². The predicted octanol–water partition coefficient (Wildman–Crippen LogP) is 8.06. The van der Waals surface area contributed by atoms with E-state index in [1.807, 2.05) is 37.3 Å². The van der Waals surface area contributed by atoms with E-state index in [1.54, 1.807) is 72.5 Å². The lowest BCUT2D eigenvalue weighted by molar-refractivity contribution is -0.131. The number of carbonyl (C=O) groups is 4. The summed E-state index contributed by atoms with van der Waals surface area (Å²) in [6, 6.07) is 21.0. The summed E-state index contributed by atoms with van der Waals surface area (Å²) < 4.78 is 2.59. The number of imide groups is 2. The molecule has 2 aliphatic carbocycles. The number of allylic oxidation sites excluding steroid dienone is 2. The van der Waals surface area contributed by atoms with Gasteiger partial charge < -0.3 is 5.11 Å². The van der Waals surface area contributed by atoms with Crippen LogP contribution in [0.1, 0.15) is 36.8 Å². The van der Waals surface area contributed by atoms with Crippen molar-refractivity contribution in [3.05, 3.63) is 106 Å². The van der Waals surface area contributed by atoms with E-state index in [2.05, 4.69) is 0 Å². The van der Waals surface area contributed by atoms with E-state index >= 15 is 4.79 Å². The number of anilines is 2. The van der Waals surface area contributed by atoms with Crippen LogP contribution >= 0.6 is 34.5 Å². The van der Waals surface area contributed by atoms with Gasteiger partial charge in [-0.2, -0.15) is 5.10 Å². The minimum atomic E-state index is -1.35. The molecule has 3 fully saturated rings.